The molecule has 1 heterocycles. The van der Waals surface area contributed by atoms with E-state index in [-0.39, 0.29) is 12.4 Å². The Morgan fingerprint density at radius 2 is 2.33 bits per heavy atom. The van der Waals surface area contributed by atoms with Crippen LogP contribution >= 0.6 is 0 Å². The standard InChI is InChI=1S/C10H10FN3O/c11-7-2-1-3-8(4-7)15-5-9-10(12)14-6-13-9/h1-4,6H,5,12H2,(H,13,14). The second-order valence-corrected chi connectivity index (χ2v) is 3.01. The van der Waals surface area contributed by atoms with Gasteiger partial charge in [-0.05, 0) is 12.1 Å². The molecule has 0 aliphatic rings. The van der Waals surface area contributed by atoms with Crippen LogP contribution in [0.4, 0.5) is 10.2 Å². The molecule has 4 nitrogen and oxygen atoms in total. The van der Waals surface area contributed by atoms with E-state index in [0.717, 1.165) is 0 Å². The summed E-state index contributed by atoms with van der Waals surface area (Å²) in [5, 5.41) is 0. The van der Waals surface area contributed by atoms with Crippen LogP contribution in [0.5, 0.6) is 5.75 Å². The molecule has 0 aliphatic heterocycles. The fraction of sp³-hybridized carbons (Fsp3) is 0.100. The maximum Gasteiger partial charge on any atom is 0.148 e. The zero-order chi connectivity index (χ0) is 10.7. The zero-order valence-electron chi connectivity index (χ0n) is 7.90. The van der Waals surface area contributed by atoms with Crippen LogP contribution in [0.15, 0.2) is 30.6 Å². The molecule has 0 radical (unpaired) electrons. The third-order valence-electron chi connectivity index (χ3n) is 1.93. The Morgan fingerprint density at radius 1 is 1.47 bits per heavy atom. The molecule has 0 saturated carbocycles. The van der Waals surface area contributed by atoms with Crippen LogP contribution in [0.2, 0.25) is 0 Å². The SMILES string of the molecule is Nc1nc[nH]c1COc1cccc(F)c1. The number of ether oxygens (including phenoxy) is 1. The van der Waals surface area contributed by atoms with Crippen LogP contribution < -0.4 is 10.5 Å². The topological polar surface area (TPSA) is 63.9 Å². The number of halogens is 1. The summed E-state index contributed by atoms with van der Waals surface area (Å²) in [7, 11) is 0. The van der Waals surface area contributed by atoms with E-state index in [4.69, 9.17) is 10.5 Å². The molecule has 3 N–H and O–H groups in total. The minimum atomic E-state index is -0.329. The summed E-state index contributed by atoms with van der Waals surface area (Å²) in [6, 6.07) is 5.93. The smallest absolute Gasteiger partial charge is 0.148 e. The van der Waals surface area contributed by atoms with Crippen molar-refractivity contribution in [2.75, 3.05) is 5.73 Å². The van der Waals surface area contributed by atoms with Crippen molar-refractivity contribution in [1.29, 1.82) is 0 Å². The van der Waals surface area contributed by atoms with Gasteiger partial charge in [0.1, 0.15) is 24.0 Å². The van der Waals surface area contributed by atoms with E-state index in [1.165, 1.54) is 18.5 Å². The summed E-state index contributed by atoms with van der Waals surface area (Å²) < 4.78 is 18.1. The Labute approximate surface area is 85.9 Å². The minimum absolute atomic E-state index is 0.245. The molecule has 78 valence electrons. The fourth-order valence-corrected chi connectivity index (χ4v) is 1.16. The van der Waals surface area contributed by atoms with E-state index in [2.05, 4.69) is 9.97 Å². The Kier molecular flexibility index (Phi) is 2.53. The Morgan fingerprint density at radius 3 is 3.00 bits per heavy atom. The van der Waals surface area contributed by atoms with Gasteiger partial charge in [-0.1, -0.05) is 6.07 Å². The molecule has 5 heteroatoms. The summed E-state index contributed by atoms with van der Waals surface area (Å²) in [6.07, 6.45) is 1.49. The molecule has 0 atom stereocenters. The van der Waals surface area contributed by atoms with Crippen LogP contribution in [0.1, 0.15) is 5.69 Å². The number of aromatic nitrogens is 2. The van der Waals surface area contributed by atoms with Crippen molar-refractivity contribution in [2.45, 2.75) is 6.61 Å². The van der Waals surface area contributed by atoms with Crippen molar-refractivity contribution in [3.8, 4) is 5.75 Å². The molecule has 0 fully saturated rings. The molecule has 0 saturated heterocycles. The monoisotopic (exact) mass is 207 g/mol. The summed E-state index contributed by atoms with van der Waals surface area (Å²) in [6.45, 7) is 0.245. The number of aromatic amines is 1. The van der Waals surface area contributed by atoms with E-state index in [9.17, 15) is 4.39 Å². The van der Waals surface area contributed by atoms with E-state index in [0.29, 0.717) is 17.3 Å². The van der Waals surface area contributed by atoms with E-state index in [1.807, 2.05) is 0 Å². The second kappa shape index (κ2) is 4.00. The molecular formula is C10H10FN3O. The molecule has 2 rings (SSSR count). The first-order valence-electron chi connectivity index (χ1n) is 4.42. The third-order valence-corrected chi connectivity index (χ3v) is 1.93. The maximum absolute atomic E-state index is 12.8. The molecule has 0 spiro atoms. The van der Waals surface area contributed by atoms with E-state index < -0.39 is 0 Å². The van der Waals surface area contributed by atoms with Gasteiger partial charge >= 0.3 is 0 Å². The number of hydrogen-bond donors (Lipinski definition) is 2. The predicted octanol–water partition coefficient (Wildman–Crippen LogP) is 1.71. The number of nitrogen functional groups attached to an aromatic ring is 1. The van der Waals surface area contributed by atoms with Gasteiger partial charge in [0.05, 0.1) is 12.0 Å². The lowest BCUT2D eigenvalue weighted by Gasteiger charge is -2.04. The first-order chi connectivity index (χ1) is 7.25. The van der Waals surface area contributed by atoms with Gasteiger partial charge < -0.3 is 15.5 Å². The predicted molar refractivity (Wildman–Crippen MR) is 53.7 cm³/mol. The van der Waals surface area contributed by atoms with Gasteiger partial charge in [-0.25, -0.2) is 9.37 Å². The van der Waals surface area contributed by atoms with Crippen LogP contribution in [-0.2, 0) is 6.61 Å². The number of hydrogen-bond acceptors (Lipinski definition) is 3. The minimum Gasteiger partial charge on any atom is -0.487 e. The highest BCUT2D eigenvalue weighted by atomic mass is 19.1. The van der Waals surface area contributed by atoms with Gasteiger partial charge in [0.25, 0.3) is 0 Å². The molecule has 1 aromatic heterocycles. The number of nitrogens with two attached hydrogens (primary N) is 1. The number of benzene rings is 1. The summed E-state index contributed by atoms with van der Waals surface area (Å²) >= 11 is 0. The Hall–Kier alpha value is -2.04. The van der Waals surface area contributed by atoms with Crippen molar-refractivity contribution in [1.82, 2.24) is 9.97 Å². The number of nitrogens with zero attached hydrogens (tertiary/aromatic N) is 1. The fourth-order valence-electron chi connectivity index (χ4n) is 1.16. The molecule has 0 aliphatic carbocycles. The molecule has 1 aromatic carbocycles. The summed E-state index contributed by atoms with van der Waals surface area (Å²) in [5.41, 5.74) is 6.22. The third kappa shape index (κ3) is 2.25. The van der Waals surface area contributed by atoms with E-state index in [1.54, 1.807) is 12.1 Å². The van der Waals surface area contributed by atoms with Gasteiger partial charge in [-0.2, -0.15) is 0 Å². The van der Waals surface area contributed by atoms with Crippen LogP contribution in [-0.4, -0.2) is 9.97 Å². The van der Waals surface area contributed by atoms with Crippen LogP contribution in [0, 0.1) is 5.82 Å². The molecular weight excluding hydrogens is 197 g/mol. The number of rotatable bonds is 3. The molecule has 2 aromatic rings. The largest absolute Gasteiger partial charge is 0.487 e. The highest BCUT2D eigenvalue weighted by molar-refractivity contribution is 5.33. The van der Waals surface area contributed by atoms with Crippen molar-refractivity contribution in [3.05, 3.63) is 42.1 Å². The van der Waals surface area contributed by atoms with Crippen molar-refractivity contribution >= 4 is 5.82 Å². The van der Waals surface area contributed by atoms with Crippen molar-refractivity contribution in [2.24, 2.45) is 0 Å². The first-order valence-corrected chi connectivity index (χ1v) is 4.42. The highest BCUT2D eigenvalue weighted by Gasteiger charge is 2.02. The number of H-pyrrole nitrogens is 1. The quantitative estimate of drug-likeness (QED) is 0.805. The van der Waals surface area contributed by atoms with Gasteiger partial charge in [0.15, 0.2) is 0 Å². The van der Waals surface area contributed by atoms with E-state index >= 15 is 0 Å². The summed E-state index contributed by atoms with van der Waals surface area (Å²) in [5.74, 6) is 0.528. The lowest BCUT2D eigenvalue weighted by molar-refractivity contribution is 0.301. The van der Waals surface area contributed by atoms with Crippen molar-refractivity contribution in [3.63, 3.8) is 0 Å². The highest BCUT2D eigenvalue weighted by Crippen LogP contribution is 2.14. The lowest BCUT2D eigenvalue weighted by atomic mass is 10.3. The second-order valence-electron chi connectivity index (χ2n) is 3.01. The van der Waals surface area contributed by atoms with Crippen LogP contribution in [0.25, 0.3) is 0 Å². The number of anilines is 1. The van der Waals surface area contributed by atoms with Crippen molar-refractivity contribution < 1.29 is 9.13 Å². The zero-order valence-corrected chi connectivity index (χ0v) is 7.90. The summed E-state index contributed by atoms with van der Waals surface area (Å²) in [4.78, 5) is 6.65. The normalized spacial score (nSPS) is 10.2. The first kappa shape index (κ1) is 9.51. The molecule has 0 unspecified atom stereocenters. The van der Waals surface area contributed by atoms with Gasteiger partial charge in [0, 0.05) is 6.07 Å². The van der Waals surface area contributed by atoms with Gasteiger partial charge in [0.2, 0.25) is 0 Å². The van der Waals surface area contributed by atoms with Crippen LogP contribution in [0.3, 0.4) is 0 Å². The molecule has 0 amide bonds. The molecule has 0 bridgehead atoms. The maximum atomic E-state index is 12.8. The Bertz CT molecular complexity index is 455. The average molecular weight is 207 g/mol. The molecule has 15 heavy (non-hydrogen) atoms. The Balaban J connectivity index is 2.02. The average Bonchev–Trinajstić information content (AvgIpc) is 2.61. The number of imidazole rings is 1. The van der Waals surface area contributed by atoms with Gasteiger partial charge in [-0.15, -0.1) is 0 Å². The van der Waals surface area contributed by atoms with Gasteiger partial charge in [-0.3, -0.25) is 0 Å². The number of nitrogens with one attached hydrogen (secondary N) is 1. The lowest BCUT2D eigenvalue weighted by Crippen LogP contribution is -1.99.